The smallest absolute Gasteiger partial charge is 0.327 e. The van der Waals surface area contributed by atoms with Crippen LogP contribution >= 0.6 is 50.5 Å². The lowest BCUT2D eigenvalue weighted by atomic mass is 10.0. The minimum Gasteiger partial charge on any atom is -0.481 e. The number of carbonyl (C=O) groups excluding carboxylic acids is 8. The SMILES string of the molecule is NC(N)=NCCC[C@H](NC(=O)[C@H](CS)NC(=O)[C@H](CC(=O)O)NC(=O)[C@@H](N)CS)C(=O)NCC(=O)N[C@@H](CC(=O)O)C(=O)N[C@@H](CS)C(=O)N[C@@H](Cc1ccccc1)C(=O)N[C@@H](CS)C(=O)O. The van der Waals surface area contributed by atoms with Crippen LogP contribution in [0.25, 0.3) is 0 Å². The van der Waals surface area contributed by atoms with E-state index in [0.29, 0.717) is 5.56 Å². The summed E-state index contributed by atoms with van der Waals surface area (Å²) in [6, 6.07) is -3.76. The molecule has 0 saturated heterocycles. The number of guanidine groups is 1. The quantitative estimate of drug-likeness (QED) is 0.0142. The van der Waals surface area contributed by atoms with Gasteiger partial charge in [0.05, 0.1) is 25.4 Å². The lowest BCUT2D eigenvalue weighted by Crippen LogP contribution is -2.59. The third-order valence-corrected chi connectivity index (χ3v) is 10.4. The van der Waals surface area contributed by atoms with Gasteiger partial charge in [-0.3, -0.25) is 52.9 Å². The number of rotatable bonds is 31. The van der Waals surface area contributed by atoms with Gasteiger partial charge in [-0.05, 0) is 18.4 Å². The molecule has 0 spiro atoms. The van der Waals surface area contributed by atoms with Crippen LogP contribution in [0.1, 0.15) is 31.2 Å². The molecule has 8 amide bonds. The average molecular weight is 1020 g/mol. The number of carboxylic acid groups (broad SMARTS) is 3. The van der Waals surface area contributed by atoms with Gasteiger partial charge in [0.1, 0.15) is 42.3 Å². The first kappa shape index (κ1) is 59.0. The van der Waals surface area contributed by atoms with Crippen molar-refractivity contribution in [1.29, 1.82) is 0 Å². The zero-order chi connectivity index (χ0) is 50.8. The van der Waals surface area contributed by atoms with E-state index in [1.807, 2.05) is 0 Å². The Morgan fingerprint density at radius 1 is 0.537 bits per heavy atom. The third-order valence-electron chi connectivity index (χ3n) is 8.92. The normalized spacial score (nSPS) is 14.3. The number of benzene rings is 1. The number of aliphatic carboxylic acids is 3. The molecule has 8 atom stereocenters. The number of hydrogen-bond acceptors (Lipinski definition) is 17. The van der Waals surface area contributed by atoms with Gasteiger partial charge in [-0.1, -0.05) is 30.3 Å². The predicted molar refractivity (Wildman–Crippen MR) is 252 cm³/mol. The Kier molecular flexibility index (Phi) is 27.4. The van der Waals surface area contributed by atoms with Crippen molar-refractivity contribution in [1.82, 2.24) is 42.5 Å². The molecule has 0 aliphatic carbocycles. The number of nitrogens with zero attached hydrogens (tertiary/aromatic N) is 1. The molecule has 0 bridgehead atoms. The van der Waals surface area contributed by atoms with Gasteiger partial charge >= 0.3 is 17.9 Å². The monoisotopic (exact) mass is 1020 g/mol. The molecule has 1 aromatic carbocycles. The molecule has 17 N–H and O–H groups in total. The summed E-state index contributed by atoms with van der Waals surface area (Å²) < 4.78 is 0. The van der Waals surface area contributed by atoms with Crippen molar-refractivity contribution in [3.8, 4) is 0 Å². The highest BCUT2D eigenvalue weighted by Crippen LogP contribution is 2.07. The van der Waals surface area contributed by atoms with Gasteiger partial charge in [0.2, 0.25) is 47.3 Å². The van der Waals surface area contributed by atoms with E-state index >= 15 is 0 Å². The van der Waals surface area contributed by atoms with Gasteiger partial charge < -0.3 is 75.1 Å². The molecule has 26 nitrogen and oxygen atoms in total. The number of nitrogens with one attached hydrogen (secondary N) is 8. The number of amides is 8. The Labute approximate surface area is 405 Å². The standard InChI is InChI=1S/C37H56N12O14S4/c38-18(13-64)29(55)45-22(11-28(53)54)33(59)48-23(14-65)34(60)44-19(7-4-8-41-37(39)40)30(56)42-12-26(50)43-21(10-27(51)52)32(58)47-24(15-66)35(61)46-20(9-17-5-2-1-3-6-17)31(57)49-25(16-67)36(62)63/h1-3,5-6,18-25,64-67H,4,7-16,38H2,(H,42,56)(H,43,50)(H,44,60)(H,45,55)(H,46,61)(H,47,58)(H,48,59)(H,49,57)(H,51,52)(H,53,54)(H,62,63)(H4,39,40,41)/t18-,19-,20-,21-,22-,23-,24-,25-/m0/s1. The third kappa shape index (κ3) is 22.9. The highest BCUT2D eigenvalue weighted by molar-refractivity contribution is 7.80. The summed E-state index contributed by atoms with van der Waals surface area (Å²) in [6.07, 6.45) is -2.16. The van der Waals surface area contributed by atoms with Gasteiger partial charge in [0.15, 0.2) is 5.96 Å². The van der Waals surface area contributed by atoms with Crippen molar-refractivity contribution < 1.29 is 68.1 Å². The Hall–Kier alpha value is -5.98. The van der Waals surface area contributed by atoms with Crippen LogP contribution in [0.2, 0.25) is 0 Å². The van der Waals surface area contributed by atoms with Crippen LogP contribution in [0, 0.1) is 0 Å². The van der Waals surface area contributed by atoms with E-state index in [1.54, 1.807) is 30.3 Å². The molecule has 0 saturated carbocycles. The lowest BCUT2D eigenvalue weighted by molar-refractivity contribution is -0.142. The van der Waals surface area contributed by atoms with Gasteiger partial charge in [-0.15, -0.1) is 0 Å². The summed E-state index contributed by atoms with van der Waals surface area (Å²) in [5.74, 6) is -14.2. The summed E-state index contributed by atoms with van der Waals surface area (Å²) in [7, 11) is 0. The predicted octanol–water partition coefficient (Wildman–Crippen LogP) is -6.13. The number of carbonyl (C=O) groups is 11. The summed E-state index contributed by atoms with van der Waals surface area (Å²) in [6.45, 7) is -0.934. The molecule has 0 heterocycles. The lowest BCUT2D eigenvalue weighted by Gasteiger charge is -2.25. The van der Waals surface area contributed by atoms with Crippen molar-refractivity contribution in [3.63, 3.8) is 0 Å². The molecule has 372 valence electrons. The van der Waals surface area contributed by atoms with Crippen LogP contribution in [0.4, 0.5) is 0 Å². The molecule has 0 fully saturated rings. The Balaban J connectivity index is 3.18. The van der Waals surface area contributed by atoms with E-state index in [0.717, 1.165) is 0 Å². The Morgan fingerprint density at radius 2 is 0.970 bits per heavy atom. The van der Waals surface area contributed by atoms with E-state index in [2.05, 4.69) is 98.0 Å². The molecular weight excluding hydrogens is 965 g/mol. The maximum Gasteiger partial charge on any atom is 0.327 e. The van der Waals surface area contributed by atoms with Gasteiger partial charge in [-0.2, -0.15) is 50.5 Å². The van der Waals surface area contributed by atoms with Crippen LogP contribution in [0.3, 0.4) is 0 Å². The Bertz CT molecular complexity index is 1950. The number of carboxylic acids is 3. The summed E-state index contributed by atoms with van der Waals surface area (Å²) >= 11 is 16.0. The second-order valence-corrected chi connectivity index (χ2v) is 15.7. The van der Waals surface area contributed by atoms with Gasteiger partial charge in [0, 0.05) is 36.0 Å². The maximum atomic E-state index is 13.4. The fourth-order valence-corrected chi connectivity index (χ4v) is 6.36. The van der Waals surface area contributed by atoms with Crippen molar-refractivity contribution in [3.05, 3.63) is 35.9 Å². The first-order chi connectivity index (χ1) is 31.6. The molecule has 30 heteroatoms. The van der Waals surface area contributed by atoms with E-state index in [9.17, 15) is 68.1 Å². The highest BCUT2D eigenvalue weighted by atomic mass is 32.1. The fourth-order valence-electron chi connectivity index (χ4n) is 5.43. The van der Waals surface area contributed by atoms with Crippen LogP contribution in [-0.2, 0) is 59.2 Å². The number of hydrogen-bond donors (Lipinski definition) is 18. The van der Waals surface area contributed by atoms with E-state index in [4.69, 9.17) is 17.2 Å². The summed E-state index contributed by atoms with van der Waals surface area (Å²) in [4.78, 5) is 144. The van der Waals surface area contributed by atoms with Crippen LogP contribution < -0.4 is 59.7 Å². The largest absolute Gasteiger partial charge is 0.481 e. The minimum absolute atomic E-state index is 0.0282. The van der Waals surface area contributed by atoms with Crippen molar-refractivity contribution >= 4 is 122 Å². The van der Waals surface area contributed by atoms with E-state index in [1.165, 1.54) is 0 Å². The topological polar surface area (TPSA) is 435 Å². The van der Waals surface area contributed by atoms with Crippen LogP contribution in [-0.4, -0.2) is 171 Å². The first-order valence-corrected chi connectivity index (χ1v) is 22.4. The van der Waals surface area contributed by atoms with Crippen molar-refractivity contribution in [2.75, 3.05) is 36.1 Å². The Morgan fingerprint density at radius 3 is 1.43 bits per heavy atom. The highest BCUT2D eigenvalue weighted by Gasteiger charge is 2.34. The number of thiol groups is 4. The van der Waals surface area contributed by atoms with Crippen LogP contribution in [0.5, 0.6) is 0 Å². The number of aliphatic imine (C=N–C) groups is 1. The zero-order valence-corrected chi connectivity index (χ0v) is 39.2. The average Bonchev–Trinajstić information content (AvgIpc) is 3.27. The summed E-state index contributed by atoms with van der Waals surface area (Å²) in [5.41, 5.74) is 16.9. The van der Waals surface area contributed by atoms with Crippen molar-refractivity contribution in [2.45, 2.75) is 80.4 Å². The maximum absolute atomic E-state index is 13.4. The zero-order valence-electron chi connectivity index (χ0n) is 35.6. The van der Waals surface area contributed by atoms with Gasteiger partial charge in [-0.25, -0.2) is 4.79 Å². The second kappa shape index (κ2) is 31.1. The molecule has 0 radical (unpaired) electrons. The second-order valence-electron chi connectivity index (χ2n) is 14.2. The van der Waals surface area contributed by atoms with Crippen molar-refractivity contribution in [2.24, 2.45) is 22.2 Å². The molecule has 1 rings (SSSR count). The van der Waals surface area contributed by atoms with Gasteiger partial charge in [0.25, 0.3) is 0 Å². The molecule has 67 heavy (non-hydrogen) atoms. The van der Waals surface area contributed by atoms with E-state index in [-0.39, 0.29) is 43.3 Å². The van der Waals surface area contributed by atoms with E-state index < -0.39 is 144 Å². The first-order valence-electron chi connectivity index (χ1n) is 19.9. The molecule has 1 aromatic rings. The van der Waals surface area contributed by atoms with Crippen LogP contribution in [0.15, 0.2) is 35.3 Å². The number of nitrogens with two attached hydrogens (primary N) is 3. The molecular formula is C37H56N12O14S4. The molecule has 0 aliphatic heterocycles. The minimum atomic E-state index is -1.86. The molecule has 0 aliphatic rings. The molecule has 0 unspecified atom stereocenters. The molecule has 0 aromatic heterocycles. The fraction of sp³-hybridized carbons (Fsp3) is 0.514. The summed E-state index contributed by atoms with van der Waals surface area (Å²) in [5, 5.41) is 46.3.